The van der Waals surface area contributed by atoms with Crippen molar-refractivity contribution in [2.45, 2.75) is 38.1 Å². The van der Waals surface area contributed by atoms with Gasteiger partial charge in [-0.1, -0.05) is 18.2 Å². The molecule has 1 heterocycles. The number of carbonyl (C=O) groups excluding carboxylic acids is 2. The summed E-state index contributed by atoms with van der Waals surface area (Å²) in [6, 6.07) is 4.96. The van der Waals surface area contributed by atoms with Crippen LogP contribution in [0, 0.1) is 17.7 Å². The lowest BCUT2D eigenvalue weighted by Crippen LogP contribution is -2.44. The second-order valence-electron chi connectivity index (χ2n) is 7.05. The third-order valence-corrected chi connectivity index (χ3v) is 5.08. The third kappa shape index (κ3) is 4.39. The first-order valence-corrected chi connectivity index (χ1v) is 9.01. The minimum atomic E-state index is -1.11. The lowest BCUT2D eigenvalue weighted by Gasteiger charge is -2.32. The number of halogens is 1. The number of piperidine rings is 1. The van der Waals surface area contributed by atoms with Crippen molar-refractivity contribution in [3.8, 4) is 0 Å². The van der Waals surface area contributed by atoms with E-state index in [1.165, 1.54) is 18.2 Å². The van der Waals surface area contributed by atoms with Crippen molar-refractivity contribution in [3.63, 3.8) is 0 Å². The van der Waals surface area contributed by atoms with Gasteiger partial charge in [0.15, 0.2) is 0 Å². The van der Waals surface area contributed by atoms with Crippen LogP contribution in [0.5, 0.6) is 0 Å². The Labute approximate surface area is 151 Å². The Hall–Kier alpha value is -2.44. The minimum absolute atomic E-state index is 0.168. The number of nitrogens with zero attached hydrogens (tertiary/aromatic N) is 1. The molecule has 26 heavy (non-hydrogen) atoms. The Morgan fingerprint density at radius 3 is 2.35 bits per heavy atom. The molecule has 2 amide bonds. The molecular weight excluding hydrogens is 339 g/mol. The first-order valence-electron chi connectivity index (χ1n) is 9.01. The third-order valence-electron chi connectivity index (χ3n) is 5.08. The fourth-order valence-electron chi connectivity index (χ4n) is 3.41. The first kappa shape index (κ1) is 18.4. The number of hydrogen-bond donors (Lipinski definition) is 2. The van der Waals surface area contributed by atoms with Crippen LogP contribution in [0.3, 0.4) is 0 Å². The van der Waals surface area contributed by atoms with Gasteiger partial charge in [-0.05, 0) is 31.7 Å². The molecule has 1 aromatic rings. The molecule has 2 N–H and O–H groups in total. The molecule has 140 valence electrons. The van der Waals surface area contributed by atoms with Crippen LogP contribution in [-0.4, -0.2) is 40.9 Å². The molecule has 0 unspecified atom stereocenters. The van der Waals surface area contributed by atoms with Crippen LogP contribution in [0.2, 0.25) is 0 Å². The zero-order valence-electron chi connectivity index (χ0n) is 14.5. The number of rotatable bonds is 6. The van der Waals surface area contributed by atoms with Crippen LogP contribution in [0.15, 0.2) is 24.3 Å². The molecule has 7 heteroatoms. The number of amides is 2. The molecular formula is C19H23FN2O4. The summed E-state index contributed by atoms with van der Waals surface area (Å²) in [4.78, 5) is 37.6. The molecule has 1 saturated heterocycles. The number of aliphatic carboxylic acids is 1. The van der Waals surface area contributed by atoms with Gasteiger partial charge in [0.1, 0.15) is 5.82 Å². The van der Waals surface area contributed by atoms with Crippen molar-refractivity contribution in [2.24, 2.45) is 11.8 Å². The van der Waals surface area contributed by atoms with Gasteiger partial charge >= 0.3 is 5.97 Å². The van der Waals surface area contributed by atoms with E-state index in [2.05, 4.69) is 5.32 Å². The lowest BCUT2D eigenvalue weighted by molar-refractivity contribution is -0.139. The van der Waals surface area contributed by atoms with Gasteiger partial charge in [0.2, 0.25) is 11.8 Å². The molecule has 1 aromatic carbocycles. The van der Waals surface area contributed by atoms with E-state index in [0.29, 0.717) is 25.9 Å². The predicted octanol–water partition coefficient (Wildman–Crippen LogP) is 2.11. The summed E-state index contributed by atoms with van der Waals surface area (Å²) >= 11 is 0. The summed E-state index contributed by atoms with van der Waals surface area (Å²) in [7, 11) is 0. The summed E-state index contributed by atoms with van der Waals surface area (Å²) < 4.78 is 14.0. The van der Waals surface area contributed by atoms with Crippen LogP contribution in [0.4, 0.5) is 4.39 Å². The largest absolute Gasteiger partial charge is 0.481 e. The second kappa shape index (κ2) is 7.85. The average molecular weight is 362 g/mol. The van der Waals surface area contributed by atoms with Crippen molar-refractivity contribution in [2.75, 3.05) is 13.1 Å². The van der Waals surface area contributed by atoms with E-state index >= 15 is 0 Å². The zero-order valence-corrected chi connectivity index (χ0v) is 14.5. The van der Waals surface area contributed by atoms with Crippen molar-refractivity contribution >= 4 is 17.8 Å². The molecule has 0 bridgehead atoms. The number of hydrogen-bond acceptors (Lipinski definition) is 3. The number of carbonyl (C=O) groups is 3. The Morgan fingerprint density at radius 2 is 1.77 bits per heavy atom. The van der Waals surface area contributed by atoms with E-state index in [-0.39, 0.29) is 35.6 Å². The summed E-state index contributed by atoms with van der Waals surface area (Å²) in [6.07, 6.45) is 2.62. The monoisotopic (exact) mass is 362 g/mol. The van der Waals surface area contributed by atoms with Gasteiger partial charge in [0, 0.05) is 30.5 Å². The molecule has 3 rings (SSSR count). The number of benzene rings is 1. The summed E-state index contributed by atoms with van der Waals surface area (Å²) in [5.41, 5.74) is 0.171. The number of likely N-dealkylation sites (tertiary alicyclic amines) is 1. The van der Waals surface area contributed by atoms with E-state index < -0.39 is 17.8 Å². The molecule has 2 fully saturated rings. The van der Waals surface area contributed by atoms with Crippen LogP contribution in [-0.2, 0) is 14.4 Å². The van der Waals surface area contributed by atoms with E-state index in [0.717, 1.165) is 12.8 Å². The maximum absolute atomic E-state index is 14.0. The van der Waals surface area contributed by atoms with Crippen LogP contribution >= 0.6 is 0 Å². The summed E-state index contributed by atoms with van der Waals surface area (Å²) in [5, 5.41) is 11.8. The molecule has 6 nitrogen and oxygen atoms in total. The second-order valence-corrected chi connectivity index (χ2v) is 7.05. The van der Waals surface area contributed by atoms with Crippen LogP contribution < -0.4 is 5.32 Å². The molecule has 1 aliphatic heterocycles. The molecule has 0 aromatic heterocycles. The van der Waals surface area contributed by atoms with Crippen molar-refractivity contribution in [3.05, 3.63) is 35.6 Å². The molecule has 1 saturated carbocycles. The number of carboxylic acids is 1. The topological polar surface area (TPSA) is 86.7 Å². The standard InChI is InChI=1S/C19H23FN2O4/c20-15-4-2-1-3-14(15)16(11-17(23)24)21-18(25)12-7-9-22(10-8-12)19(26)13-5-6-13/h1-4,12-13,16H,5-11H2,(H,21,25)(H,23,24)/t16-/m1/s1. The van der Waals surface area contributed by atoms with E-state index in [9.17, 15) is 18.8 Å². The van der Waals surface area contributed by atoms with Gasteiger partial charge in [0.05, 0.1) is 12.5 Å². The van der Waals surface area contributed by atoms with Crippen molar-refractivity contribution in [1.29, 1.82) is 0 Å². The van der Waals surface area contributed by atoms with E-state index in [1.54, 1.807) is 6.07 Å². The summed E-state index contributed by atoms with van der Waals surface area (Å²) in [6.45, 7) is 1.08. The van der Waals surface area contributed by atoms with Crippen LogP contribution in [0.1, 0.15) is 43.7 Å². The lowest BCUT2D eigenvalue weighted by atomic mass is 9.94. The Morgan fingerprint density at radius 1 is 1.12 bits per heavy atom. The summed E-state index contributed by atoms with van der Waals surface area (Å²) in [5.74, 6) is -1.87. The maximum atomic E-state index is 14.0. The quantitative estimate of drug-likeness (QED) is 0.811. The molecule has 0 radical (unpaired) electrons. The Kier molecular flexibility index (Phi) is 5.54. The highest BCUT2D eigenvalue weighted by molar-refractivity contribution is 5.83. The highest BCUT2D eigenvalue weighted by Gasteiger charge is 2.36. The molecule has 1 atom stereocenters. The fraction of sp³-hybridized carbons (Fsp3) is 0.526. The predicted molar refractivity (Wildman–Crippen MR) is 91.6 cm³/mol. The van der Waals surface area contributed by atoms with Gasteiger partial charge in [-0.15, -0.1) is 0 Å². The SMILES string of the molecule is O=C(O)C[C@@H](NC(=O)C1CCN(C(=O)C2CC2)CC1)c1ccccc1F. The fourth-order valence-corrected chi connectivity index (χ4v) is 3.41. The molecule has 2 aliphatic rings. The first-order chi connectivity index (χ1) is 12.5. The highest BCUT2D eigenvalue weighted by Crippen LogP contribution is 2.32. The minimum Gasteiger partial charge on any atom is -0.481 e. The Bertz CT molecular complexity index is 697. The average Bonchev–Trinajstić information content (AvgIpc) is 3.46. The van der Waals surface area contributed by atoms with Crippen molar-refractivity contribution in [1.82, 2.24) is 10.2 Å². The van der Waals surface area contributed by atoms with E-state index in [4.69, 9.17) is 5.11 Å². The molecule has 0 spiro atoms. The van der Waals surface area contributed by atoms with Gasteiger partial charge < -0.3 is 15.3 Å². The van der Waals surface area contributed by atoms with Crippen LogP contribution in [0.25, 0.3) is 0 Å². The molecule has 1 aliphatic carbocycles. The van der Waals surface area contributed by atoms with Gasteiger partial charge in [-0.3, -0.25) is 14.4 Å². The highest BCUT2D eigenvalue weighted by atomic mass is 19.1. The van der Waals surface area contributed by atoms with Crippen molar-refractivity contribution < 1.29 is 23.9 Å². The normalized spacial score (nSPS) is 19.0. The van der Waals surface area contributed by atoms with E-state index in [1.807, 2.05) is 4.90 Å². The number of carboxylic acid groups (broad SMARTS) is 1. The Balaban J connectivity index is 1.60. The maximum Gasteiger partial charge on any atom is 0.305 e. The zero-order chi connectivity index (χ0) is 18.7. The smallest absolute Gasteiger partial charge is 0.305 e. The number of nitrogens with one attached hydrogen (secondary N) is 1. The van der Waals surface area contributed by atoms with Gasteiger partial charge in [-0.2, -0.15) is 0 Å². The van der Waals surface area contributed by atoms with Gasteiger partial charge in [-0.25, -0.2) is 4.39 Å². The van der Waals surface area contributed by atoms with Gasteiger partial charge in [0.25, 0.3) is 0 Å².